The number of pyridine rings is 1. The fraction of sp³-hybridized carbons (Fsp3) is 0.118. The molecule has 0 saturated heterocycles. The summed E-state index contributed by atoms with van der Waals surface area (Å²) in [5.41, 5.74) is 1.38. The topological polar surface area (TPSA) is 62.5 Å². The van der Waals surface area contributed by atoms with Crippen molar-refractivity contribution in [3.8, 4) is 0 Å². The molecule has 0 aliphatic heterocycles. The van der Waals surface area contributed by atoms with Gasteiger partial charge in [0.25, 0.3) is 0 Å². The van der Waals surface area contributed by atoms with Crippen LogP contribution < -0.4 is 0 Å². The van der Waals surface area contributed by atoms with Gasteiger partial charge >= 0.3 is 5.97 Å². The van der Waals surface area contributed by atoms with E-state index in [-0.39, 0.29) is 17.5 Å². The van der Waals surface area contributed by atoms with Crippen LogP contribution in [0.4, 0.5) is 4.39 Å². The number of aromatic nitrogens is 1. The van der Waals surface area contributed by atoms with Crippen LogP contribution in [0.3, 0.4) is 0 Å². The Morgan fingerprint density at radius 3 is 2.83 bits per heavy atom. The lowest BCUT2D eigenvalue weighted by Crippen LogP contribution is -1.99. The average Bonchev–Trinajstić information content (AvgIpc) is 2.50. The summed E-state index contributed by atoms with van der Waals surface area (Å²) in [6, 6.07) is 4.71. The van der Waals surface area contributed by atoms with E-state index in [1.807, 2.05) is 0 Å². The number of rotatable bonds is 5. The third-order valence-corrected chi connectivity index (χ3v) is 3.44. The van der Waals surface area contributed by atoms with Crippen LogP contribution in [-0.2, 0) is 11.2 Å². The standard InChI is InChI=1S/C17H14ClFN2O2/c1-3-11(17(22)23)8-14(20-2)5-10-4-12-7-13(18)9-21-16(12)15(19)6-10/h3-4,6-9H,2,5H2,1H3,(H,22,23)/b11-3+,14-8-. The molecule has 0 unspecified atom stereocenters. The molecule has 1 aromatic carbocycles. The number of allylic oxidation sites excluding steroid dienone is 2. The summed E-state index contributed by atoms with van der Waals surface area (Å²) in [7, 11) is 0. The molecule has 1 aromatic heterocycles. The van der Waals surface area contributed by atoms with Gasteiger partial charge in [-0.25, -0.2) is 9.18 Å². The first-order valence-electron chi connectivity index (χ1n) is 6.75. The Labute approximate surface area is 137 Å². The van der Waals surface area contributed by atoms with Crippen LogP contribution >= 0.6 is 11.6 Å². The summed E-state index contributed by atoms with van der Waals surface area (Å²) in [4.78, 5) is 18.8. The Bertz CT molecular complexity index is 844. The van der Waals surface area contributed by atoms with Crippen molar-refractivity contribution in [2.24, 2.45) is 4.99 Å². The fourth-order valence-electron chi connectivity index (χ4n) is 2.15. The second kappa shape index (κ2) is 7.15. The number of nitrogens with zero attached hydrogens (tertiary/aromatic N) is 2. The second-order valence-corrected chi connectivity index (χ2v) is 5.26. The molecule has 0 spiro atoms. The van der Waals surface area contributed by atoms with Crippen molar-refractivity contribution in [3.05, 3.63) is 64.2 Å². The SMILES string of the molecule is C=N/C(=C\C(=C/C)C(=O)O)Cc1cc(F)c2ncc(Cl)cc2c1. The molecule has 1 heterocycles. The average molecular weight is 333 g/mol. The molecular weight excluding hydrogens is 319 g/mol. The van der Waals surface area contributed by atoms with Gasteiger partial charge in [0.2, 0.25) is 0 Å². The molecule has 2 aromatic rings. The molecule has 1 N–H and O–H groups in total. The molecular formula is C17H14ClFN2O2. The Hall–Kier alpha value is -2.53. The van der Waals surface area contributed by atoms with Crippen molar-refractivity contribution >= 4 is 35.2 Å². The highest BCUT2D eigenvalue weighted by Gasteiger charge is 2.09. The van der Waals surface area contributed by atoms with Crippen LogP contribution in [-0.4, -0.2) is 22.8 Å². The Morgan fingerprint density at radius 2 is 2.22 bits per heavy atom. The van der Waals surface area contributed by atoms with Crippen LogP contribution in [0.15, 0.2) is 52.8 Å². The van der Waals surface area contributed by atoms with E-state index in [1.165, 1.54) is 24.4 Å². The van der Waals surface area contributed by atoms with E-state index in [0.717, 1.165) is 0 Å². The lowest BCUT2D eigenvalue weighted by Gasteiger charge is -2.06. The van der Waals surface area contributed by atoms with Gasteiger partial charge in [-0.1, -0.05) is 17.7 Å². The van der Waals surface area contributed by atoms with E-state index < -0.39 is 11.8 Å². The largest absolute Gasteiger partial charge is 0.478 e. The highest BCUT2D eigenvalue weighted by atomic mass is 35.5. The van der Waals surface area contributed by atoms with Gasteiger partial charge in [-0.3, -0.25) is 9.98 Å². The minimum absolute atomic E-state index is 0.0957. The molecule has 2 rings (SSSR count). The highest BCUT2D eigenvalue weighted by Crippen LogP contribution is 2.23. The zero-order valence-corrected chi connectivity index (χ0v) is 13.1. The van der Waals surface area contributed by atoms with Crippen molar-refractivity contribution in [3.63, 3.8) is 0 Å². The summed E-state index contributed by atoms with van der Waals surface area (Å²) < 4.78 is 14.1. The van der Waals surface area contributed by atoms with Crippen LogP contribution in [0.2, 0.25) is 5.02 Å². The van der Waals surface area contributed by atoms with Crippen molar-refractivity contribution in [1.82, 2.24) is 4.98 Å². The van der Waals surface area contributed by atoms with Gasteiger partial charge in [-0.2, -0.15) is 0 Å². The molecule has 0 fully saturated rings. The molecule has 4 nitrogen and oxygen atoms in total. The van der Waals surface area contributed by atoms with Crippen LogP contribution in [0.1, 0.15) is 12.5 Å². The first kappa shape index (κ1) is 16.8. The monoisotopic (exact) mass is 332 g/mol. The molecule has 0 atom stereocenters. The third kappa shape index (κ3) is 4.02. The summed E-state index contributed by atoms with van der Waals surface area (Å²) in [6.45, 7) is 5.05. The number of carboxylic acids is 1. The van der Waals surface area contributed by atoms with E-state index in [9.17, 15) is 9.18 Å². The van der Waals surface area contributed by atoms with Crippen molar-refractivity contribution in [2.45, 2.75) is 13.3 Å². The van der Waals surface area contributed by atoms with Crippen molar-refractivity contribution in [2.75, 3.05) is 0 Å². The Morgan fingerprint density at radius 1 is 1.48 bits per heavy atom. The number of carboxylic acid groups (broad SMARTS) is 1. The lowest BCUT2D eigenvalue weighted by molar-refractivity contribution is -0.132. The number of carbonyl (C=O) groups is 1. The van der Waals surface area contributed by atoms with E-state index in [1.54, 1.807) is 19.1 Å². The molecule has 0 saturated carbocycles. The van der Waals surface area contributed by atoms with Gasteiger partial charge in [0.15, 0.2) is 0 Å². The predicted molar refractivity (Wildman–Crippen MR) is 89.4 cm³/mol. The van der Waals surface area contributed by atoms with E-state index >= 15 is 0 Å². The molecule has 118 valence electrons. The molecule has 0 aliphatic rings. The van der Waals surface area contributed by atoms with Crippen LogP contribution in [0, 0.1) is 5.82 Å². The number of halogens is 2. The molecule has 23 heavy (non-hydrogen) atoms. The highest BCUT2D eigenvalue weighted by molar-refractivity contribution is 6.31. The van der Waals surface area contributed by atoms with Gasteiger partial charge in [-0.15, -0.1) is 0 Å². The first-order valence-corrected chi connectivity index (χ1v) is 7.13. The van der Waals surface area contributed by atoms with Gasteiger partial charge in [0.05, 0.1) is 10.6 Å². The summed E-state index contributed by atoms with van der Waals surface area (Å²) in [5.74, 6) is -1.53. The third-order valence-electron chi connectivity index (χ3n) is 3.23. The van der Waals surface area contributed by atoms with Crippen LogP contribution in [0.5, 0.6) is 0 Å². The predicted octanol–water partition coefficient (Wildman–Crippen LogP) is 4.19. The summed E-state index contributed by atoms with van der Waals surface area (Å²) in [6.07, 6.45) is 4.49. The summed E-state index contributed by atoms with van der Waals surface area (Å²) in [5, 5.41) is 10.0. The maximum atomic E-state index is 14.1. The second-order valence-electron chi connectivity index (χ2n) is 4.82. The molecule has 0 bridgehead atoms. The fourth-order valence-corrected chi connectivity index (χ4v) is 2.32. The van der Waals surface area contributed by atoms with Gasteiger partial charge < -0.3 is 5.11 Å². The minimum atomic E-state index is -1.06. The zero-order chi connectivity index (χ0) is 17.0. The van der Waals surface area contributed by atoms with Crippen molar-refractivity contribution in [1.29, 1.82) is 0 Å². The number of hydrogen-bond acceptors (Lipinski definition) is 3. The first-order chi connectivity index (χ1) is 10.9. The smallest absolute Gasteiger partial charge is 0.335 e. The molecule has 6 heteroatoms. The van der Waals surface area contributed by atoms with Gasteiger partial charge in [-0.05, 0) is 43.5 Å². The molecule has 0 aliphatic carbocycles. The van der Waals surface area contributed by atoms with E-state index in [0.29, 0.717) is 21.7 Å². The summed E-state index contributed by atoms with van der Waals surface area (Å²) >= 11 is 5.88. The van der Waals surface area contributed by atoms with Crippen molar-refractivity contribution < 1.29 is 14.3 Å². The quantitative estimate of drug-likeness (QED) is 0.507. The molecule has 0 amide bonds. The van der Waals surface area contributed by atoms with Crippen LogP contribution in [0.25, 0.3) is 10.9 Å². The normalized spacial score (nSPS) is 12.5. The minimum Gasteiger partial charge on any atom is -0.478 e. The zero-order valence-electron chi connectivity index (χ0n) is 12.4. The number of aliphatic carboxylic acids is 1. The maximum absolute atomic E-state index is 14.1. The van der Waals surface area contributed by atoms with Gasteiger partial charge in [0.1, 0.15) is 11.3 Å². The number of aliphatic imine (C=N–C) groups is 1. The van der Waals surface area contributed by atoms with E-state index in [4.69, 9.17) is 16.7 Å². The number of benzene rings is 1. The van der Waals surface area contributed by atoms with Gasteiger partial charge in [0, 0.05) is 23.7 Å². The molecule has 0 radical (unpaired) electrons. The maximum Gasteiger partial charge on any atom is 0.335 e. The Kier molecular flexibility index (Phi) is 5.24. The van der Waals surface area contributed by atoms with E-state index in [2.05, 4.69) is 16.7 Å². The lowest BCUT2D eigenvalue weighted by atomic mass is 10.0. The Balaban J connectivity index is 2.42. The number of fused-ring (bicyclic) bond motifs is 1. The number of hydrogen-bond donors (Lipinski definition) is 1.